The lowest BCUT2D eigenvalue weighted by molar-refractivity contribution is -0.229. The van der Waals surface area contributed by atoms with E-state index in [0.717, 1.165) is 0 Å². The van der Waals surface area contributed by atoms with Gasteiger partial charge in [0.05, 0.1) is 17.4 Å². The molecule has 7 heteroatoms. The minimum absolute atomic E-state index is 0.317. The van der Waals surface area contributed by atoms with Gasteiger partial charge in [0.15, 0.2) is 5.44 Å². The number of hydrogen-bond donors (Lipinski definition) is 0. The fraction of sp³-hybridized carbons (Fsp3) is 0.625. The zero-order valence-corrected chi connectivity index (χ0v) is 14.7. The van der Waals surface area contributed by atoms with Crippen molar-refractivity contribution in [1.82, 2.24) is 0 Å². The molecule has 0 amide bonds. The summed E-state index contributed by atoms with van der Waals surface area (Å²) in [6, 6.07) is 9.18. The third kappa shape index (κ3) is 3.99. The van der Waals surface area contributed by atoms with Gasteiger partial charge in [-0.15, -0.1) is 0 Å². The molecule has 1 aromatic rings. The lowest BCUT2D eigenvalue weighted by atomic mass is 9.99. The predicted molar refractivity (Wildman–Crippen MR) is 85.8 cm³/mol. The summed E-state index contributed by atoms with van der Waals surface area (Å²) in [4.78, 5) is 0.682. The Labute approximate surface area is 139 Å². The van der Waals surface area contributed by atoms with Crippen LogP contribution in [-0.2, 0) is 34.5 Å². The van der Waals surface area contributed by atoms with Gasteiger partial charge in [-0.3, -0.25) is 4.21 Å². The van der Waals surface area contributed by atoms with Crippen LogP contribution in [0.3, 0.4) is 0 Å². The normalized spacial score (nSPS) is 32.6. The summed E-state index contributed by atoms with van der Waals surface area (Å²) in [7, 11) is 4.91. The van der Waals surface area contributed by atoms with E-state index in [1.165, 1.54) is 0 Å². The van der Waals surface area contributed by atoms with E-state index in [1.54, 1.807) is 28.4 Å². The highest BCUT2D eigenvalue weighted by Gasteiger charge is 2.49. The van der Waals surface area contributed by atoms with E-state index in [9.17, 15) is 4.21 Å². The lowest BCUT2D eigenvalue weighted by Gasteiger charge is -2.44. The number of hydrogen-bond acceptors (Lipinski definition) is 6. The Balaban J connectivity index is 2.31. The highest BCUT2D eigenvalue weighted by molar-refractivity contribution is 7.85. The Morgan fingerprint density at radius 2 is 1.57 bits per heavy atom. The molecule has 0 spiro atoms. The van der Waals surface area contributed by atoms with Gasteiger partial charge in [0, 0.05) is 33.3 Å². The van der Waals surface area contributed by atoms with Crippen molar-refractivity contribution in [2.75, 3.05) is 35.0 Å². The summed E-state index contributed by atoms with van der Waals surface area (Å²) < 4.78 is 40.8. The van der Waals surface area contributed by atoms with E-state index in [0.29, 0.717) is 11.5 Å². The summed E-state index contributed by atoms with van der Waals surface area (Å²) in [5.74, 6) is 0. The molecule has 1 aliphatic heterocycles. The molecule has 130 valence electrons. The smallest absolute Gasteiger partial charge is 0.166 e. The maximum atomic E-state index is 12.9. The van der Waals surface area contributed by atoms with Crippen molar-refractivity contribution >= 4 is 10.8 Å². The summed E-state index contributed by atoms with van der Waals surface area (Å²) in [5, 5.41) is 0. The van der Waals surface area contributed by atoms with Gasteiger partial charge in [-0.1, -0.05) is 18.2 Å². The van der Waals surface area contributed by atoms with E-state index in [4.69, 9.17) is 23.7 Å². The van der Waals surface area contributed by atoms with Crippen molar-refractivity contribution < 1.29 is 27.9 Å². The fourth-order valence-corrected chi connectivity index (χ4v) is 4.29. The van der Waals surface area contributed by atoms with Crippen LogP contribution in [0.4, 0.5) is 0 Å². The number of benzene rings is 1. The Kier molecular flexibility index (Phi) is 7.13. The molecule has 0 N–H and O–H groups in total. The third-order valence-corrected chi connectivity index (χ3v) is 5.46. The first-order chi connectivity index (χ1) is 11.2. The van der Waals surface area contributed by atoms with Crippen LogP contribution in [0.2, 0.25) is 0 Å². The summed E-state index contributed by atoms with van der Waals surface area (Å²) in [6.07, 6.45) is -1.68. The molecular formula is C16H24O6S. The molecular weight excluding hydrogens is 320 g/mol. The van der Waals surface area contributed by atoms with Crippen molar-refractivity contribution in [3.05, 3.63) is 30.3 Å². The van der Waals surface area contributed by atoms with Gasteiger partial charge in [0.25, 0.3) is 0 Å². The molecule has 1 saturated heterocycles. The molecule has 1 fully saturated rings. The largest absolute Gasteiger partial charge is 0.382 e. The average molecular weight is 344 g/mol. The van der Waals surface area contributed by atoms with Gasteiger partial charge < -0.3 is 23.7 Å². The van der Waals surface area contributed by atoms with E-state index in [-0.39, 0.29) is 12.2 Å². The van der Waals surface area contributed by atoms with E-state index in [1.807, 2.05) is 30.3 Å². The van der Waals surface area contributed by atoms with E-state index in [2.05, 4.69) is 0 Å². The quantitative estimate of drug-likeness (QED) is 0.741. The summed E-state index contributed by atoms with van der Waals surface area (Å²) in [5.41, 5.74) is -0.668. The minimum Gasteiger partial charge on any atom is -0.382 e. The monoisotopic (exact) mass is 344 g/mol. The van der Waals surface area contributed by atoms with Gasteiger partial charge in [-0.25, -0.2) is 0 Å². The Hall–Kier alpha value is -0.830. The van der Waals surface area contributed by atoms with Crippen molar-refractivity contribution in [2.24, 2.45) is 0 Å². The number of rotatable bonds is 7. The van der Waals surface area contributed by atoms with Crippen molar-refractivity contribution in [3.8, 4) is 0 Å². The molecule has 0 bridgehead atoms. The Morgan fingerprint density at radius 3 is 2.09 bits per heavy atom. The van der Waals surface area contributed by atoms with Gasteiger partial charge in [0.1, 0.15) is 24.4 Å². The second-order valence-electron chi connectivity index (χ2n) is 5.21. The highest BCUT2D eigenvalue weighted by atomic mass is 32.2. The van der Waals surface area contributed by atoms with Crippen molar-refractivity contribution in [3.63, 3.8) is 0 Å². The van der Waals surface area contributed by atoms with Gasteiger partial charge in [0.2, 0.25) is 0 Å². The van der Waals surface area contributed by atoms with Crippen LogP contribution in [0.5, 0.6) is 0 Å². The first-order valence-corrected chi connectivity index (χ1v) is 8.57. The van der Waals surface area contributed by atoms with Crippen LogP contribution in [0.15, 0.2) is 35.2 Å². The second kappa shape index (κ2) is 8.86. The van der Waals surface area contributed by atoms with Gasteiger partial charge in [-0.2, -0.15) is 0 Å². The zero-order valence-electron chi connectivity index (χ0n) is 13.8. The van der Waals surface area contributed by atoms with Gasteiger partial charge >= 0.3 is 0 Å². The zero-order chi connectivity index (χ0) is 16.8. The Bertz CT molecular complexity index is 497. The SMILES string of the molecule is COC[C@H]1O[C@@H](S(=O)c2ccccc2)[C@H](OC)[C@@H](OC)[C@H]1OC. The molecule has 1 unspecified atom stereocenters. The molecule has 1 aliphatic rings. The Morgan fingerprint density at radius 1 is 0.957 bits per heavy atom. The lowest BCUT2D eigenvalue weighted by Crippen LogP contribution is -2.61. The molecule has 0 radical (unpaired) electrons. The molecule has 23 heavy (non-hydrogen) atoms. The van der Waals surface area contributed by atoms with Crippen LogP contribution in [0.1, 0.15) is 0 Å². The minimum atomic E-state index is -1.40. The van der Waals surface area contributed by atoms with Crippen molar-refractivity contribution in [1.29, 1.82) is 0 Å². The maximum absolute atomic E-state index is 12.9. The van der Waals surface area contributed by atoms with Gasteiger partial charge in [-0.05, 0) is 12.1 Å². The topological polar surface area (TPSA) is 63.2 Å². The third-order valence-electron chi connectivity index (χ3n) is 3.93. The van der Waals surface area contributed by atoms with Crippen LogP contribution >= 0.6 is 0 Å². The highest BCUT2D eigenvalue weighted by Crippen LogP contribution is 2.31. The molecule has 1 aromatic carbocycles. The molecule has 1 heterocycles. The van der Waals surface area contributed by atoms with Crippen LogP contribution < -0.4 is 0 Å². The molecule has 2 rings (SSSR count). The van der Waals surface area contributed by atoms with Crippen LogP contribution in [0.25, 0.3) is 0 Å². The first-order valence-electron chi connectivity index (χ1n) is 7.36. The molecule has 0 aliphatic carbocycles. The summed E-state index contributed by atoms with van der Waals surface area (Å²) in [6.45, 7) is 0.317. The first kappa shape index (κ1) is 18.5. The van der Waals surface area contributed by atoms with E-state index >= 15 is 0 Å². The number of methoxy groups -OCH3 is 4. The number of ether oxygens (including phenoxy) is 5. The summed E-state index contributed by atoms with van der Waals surface area (Å²) >= 11 is 0. The standard InChI is InChI=1S/C16H24O6S/c1-18-10-12-13(19-2)14(20-3)15(21-4)16(22-12)23(17)11-8-6-5-7-9-11/h5-9,12-16H,10H2,1-4H3/t12-,13+,14+,15-,16+,23?/m1/s1. The molecule has 0 saturated carbocycles. The fourth-order valence-electron chi connectivity index (χ4n) is 2.84. The maximum Gasteiger partial charge on any atom is 0.166 e. The second-order valence-corrected chi connectivity index (χ2v) is 6.74. The van der Waals surface area contributed by atoms with Crippen LogP contribution in [-0.4, -0.2) is 69.1 Å². The molecule has 6 atom stereocenters. The average Bonchev–Trinajstić information content (AvgIpc) is 2.60. The van der Waals surface area contributed by atoms with Crippen molar-refractivity contribution in [2.45, 2.75) is 34.7 Å². The van der Waals surface area contributed by atoms with E-state index < -0.39 is 28.4 Å². The predicted octanol–water partition coefficient (Wildman–Crippen LogP) is 1.21. The van der Waals surface area contributed by atoms with Crippen LogP contribution in [0, 0.1) is 0 Å². The molecule has 0 aromatic heterocycles. The molecule has 6 nitrogen and oxygen atoms in total.